The molecule has 1 aliphatic rings. The Balaban J connectivity index is 1.96. The normalized spacial score (nSPS) is 16.8. The van der Waals surface area contributed by atoms with E-state index in [0.717, 1.165) is 42.4 Å². The molecule has 118 valence electrons. The number of benzene rings is 1. The molecule has 0 unspecified atom stereocenters. The molecule has 3 nitrogen and oxygen atoms in total. The first-order valence-corrected chi connectivity index (χ1v) is 8.44. The number of hydrogen-bond donors (Lipinski definition) is 1. The summed E-state index contributed by atoms with van der Waals surface area (Å²) in [5.41, 5.74) is 1.50. The quantitative estimate of drug-likeness (QED) is 0.869. The molecular formula is C18H23ClN2O. The topological polar surface area (TPSA) is 36.1 Å². The third-order valence-electron chi connectivity index (χ3n) is 4.75. The Morgan fingerprint density at radius 2 is 1.86 bits per heavy atom. The fourth-order valence-electron chi connectivity index (χ4n) is 3.39. The molecule has 0 atom stereocenters. The summed E-state index contributed by atoms with van der Waals surface area (Å²) in [6.07, 6.45) is 6.64. The van der Waals surface area contributed by atoms with Gasteiger partial charge in [0.25, 0.3) is 0 Å². The molecule has 1 fully saturated rings. The number of H-pyrrole nitrogens is 1. The first-order valence-electron chi connectivity index (χ1n) is 8.06. The second kappa shape index (κ2) is 5.96. The zero-order chi connectivity index (χ0) is 15.7. The molecule has 2 aromatic rings. The van der Waals surface area contributed by atoms with E-state index in [1.165, 1.54) is 12.8 Å². The lowest BCUT2D eigenvalue weighted by atomic mass is 9.83. The monoisotopic (exact) mass is 318 g/mol. The van der Waals surface area contributed by atoms with Gasteiger partial charge in [-0.25, -0.2) is 0 Å². The number of aromatic amines is 1. The molecule has 0 aliphatic carbocycles. The number of carbonyl (C=O) groups excluding carboxylic acids is 1. The van der Waals surface area contributed by atoms with Crippen molar-refractivity contribution in [3.63, 3.8) is 0 Å². The van der Waals surface area contributed by atoms with Gasteiger partial charge in [0.15, 0.2) is 0 Å². The third kappa shape index (κ3) is 2.74. The first-order chi connectivity index (χ1) is 10.5. The lowest BCUT2D eigenvalue weighted by molar-refractivity contribution is -0.136. The van der Waals surface area contributed by atoms with Crippen LogP contribution >= 0.6 is 11.6 Å². The number of likely N-dealkylation sites (tertiary alicyclic amines) is 1. The van der Waals surface area contributed by atoms with Crippen LogP contribution in [0.15, 0.2) is 24.4 Å². The van der Waals surface area contributed by atoms with Gasteiger partial charge in [-0.3, -0.25) is 4.79 Å². The van der Waals surface area contributed by atoms with Crippen LogP contribution in [0.4, 0.5) is 0 Å². The van der Waals surface area contributed by atoms with E-state index in [1.807, 2.05) is 43.1 Å². The smallest absolute Gasteiger partial charge is 0.232 e. The highest BCUT2D eigenvalue weighted by Crippen LogP contribution is 2.34. The van der Waals surface area contributed by atoms with Crippen LogP contribution in [-0.4, -0.2) is 28.9 Å². The van der Waals surface area contributed by atoms with Crippen molar-refractivity contribution in [2.45, 2.75) is 44.9 Å². The highest BCUT2D eigenvalue weighted by molar-refractivity contribution is 6.31. The second-order valence-corrected chi connectivity index (χ2v) is 7.16. The van der Waals surface area contributed by atoms with Crippen molar-refractivity contribution >= 4 is 28.4 Å². The summed E-state index contributed by atoms with van der Waals surface area (Å²) in [5.74, 6) is 0.218. The molecule has 0 bridgehead atoms. The van der Waals surface area contributed by atoms with E-state index in [0.29, 0.717) is 5.02 Å². The fourth-order valence-corrected chi connectivity index (χ4v) is 3.57. The van der Waals surface area contributed by atoms with Crippen LogP contribution in [0.5, 0.6) is 0 Å². The van der Waals surface area contributed by atoms with Crippen molar-refractivity contribution in [1.29, 1.82) is 0 Å². The summed E-state index contributed by atoms with van der Waals surface area (Å²) in [7, 11) is 0. The highest BCUT2D eigenvalue weighted by atomic mass is 35.5. The molecule has 1 aliphatic heterocycles. The average Bonchev–Trinajstić information content (AvgIpc) is 2.73. The number of hydrogen-bond acceptors (Lipinski definition) is 1. The molecular weight excluding hydrogens is 296 g/mol. The number of nitrogens with zero attached hydrogens (tertiary/aromatic N) is 1. The molecule has 0 saturated carbocycles. The molecule has 4 heteroatoms. The van der Waals surface area contributed by atoms with E-state index in [-0.39, 0.29) is 5.91 Å². The van der Waals surface area contributed by atoms with Crippen molar-refractivity contribution in [3.8, 4) is 0 Å². The Morgan fingerprint density at radius 3 is 2.55 bits per heavy atom. The van der Waals surface area contributed by atoms with Crippen molar-refractivity contribution < 1.29 is 4.79 Å². The summed E-state index contributed by atoms with van der Waals surface area (Å²) in [4.78, 5) is 18.4. The summed E-state index contributed by atoms with van der Waals surface area (Å²) >= 11 is 6.14. The third-order valence-corrected chi connectivity index (χ3v) is 4.98. The Hall–Kier alpha value is -1.48. The number of nitrogens with one attached hydrogen (secondary N) is 1. The minimum Gasteiger partial charge on any atom is -0.361 e. The first kappa shape index (κ1) is 15.4. The Bertz CT molecular complexity index is 681. The van der Waals surface area contributed by atoms with Crippen LogP contribution in [0.2, 0.25) is 5.02 Å². The van der Waals surface area contributed by atoms with Crippen LogP contribution < -0.4 is 0 Å². The lowest BCUT2D eigenvalue weighted by Crippen LogP contribution is -2.43. The van der Waals surface area contributed by atoms with E-state index >= 15 is 0 Å². The molecule has 22 heavy (non-hydrogen) atoms. The van der Waals surface area contributed by atoms with Crippen LogP contribution in [-0.2, 0) is 10.2 Å². The van der Waals surface area contributed by atoms with Gasteiger partial charge >= 0.3 is 0 Å². The van der Waals surface area contributed by atoms with Gasteiger partial charge in [-0.2, -0.15) is 0 Å². The predicted octanol–water partition coefficient (Wildman–Crippen LogP) is 4.50. The molecule has 1 amide bonds. The van der Waals surface area contributed by atoms with E-state index in [9.17, 15) is 4.79 Å². The maximum atomic E-state index is 13.1. The number of rotatable bonds is 2. The maximum Gasteiger partial charge on any atom is 0.232 e. The minimum absolute atomic E-state index is 0.218. The highest BCUT2D eigenvalue weighted by Gasteiger charge is 2.35. The molecule has 3 rings (SSSR count). The van der Waals surface area contributed by atoms with Crippen LogP contribution in [0.3, 0.4) is 0 Å². The second-order valence-electron chi connectivity index (χ2n) is 6.72. The van der Waals surface area contributed by atoms with Crippen molar-refractivity contribution in [2.24, 2.45) is 0 Å². The lowest BCUT2D eigenvalue weighted by Gasteiger charge is -2.31. The summed E-state index contributed by atoms with van der Waals surface area (Å²) in [6.45, 7) is 5.80. The minimum atomic E-state index is -0.548. The van der Waals surface area contributed by atoms with Crippen LogP contribution in [0.25, 0.3) is 10.9 Å². The molecule has 1 aromatic heterocycles. The SMILES string of the molecule is CC(C)(C(=O)N1CCCCCC1)c1c[nH]c2ccc(Cl)cc12. The zero-order valence-corrected chi connectivity index (χ0v) is 14.0. The standard InChI is InChI=1S/C18H23ClN2O/c1-18(2,17(22)21-9-5-3-4-6-10-21)15-12-20-16-8-7-13(19)11-14(15)16/h7-8,11-12,20H,3-6,9-10H2,1-2H3. The molecule has 1 aromatic carbocycles. The van der Waals surface area contributed by atoms with Crippen LogP contribution in [0.1, 0.15) is 45.1 Å². The zero-order valence-electron chi connectivity index (χ0n) is 13.3. The largest absolute Gasteiger partial charge is 0.361 e. The Kier molecular flexibility index (Phi) is 4.18. The van der Waals surface area contributed by atoms with Crippen molar-refractivity contribution in [2.75, 3.05) is 13.1 Å². The summed E-state index contributed by atoms with van der Waals surface area (Å²) in [6, 6.07) is 5.78. The van der Waals surface area contributed by atoms with Gasteiger partial charge in [0.1, 0.15) is 0 Å². The van der Waals surface area contributed by atoms with E-state index in [2.05, 4.69) is 4.98 Å². The van der Waals surface area contributed by atoms with Gasteiger partial charge in [-0.1, -0.05) is 24.4 Å². The summed E-state index contributed by atoms with van der Waals surface area (Å²) in [5, 5.41) is 1.74. The maximum absolute atomic E-state index is 13.1. The number of carbonyl (C=O) groups is 1. The number of amides is 1. The fraction of sp³-hybridized carbons (Fsp3) is 0.500. The van der Waals surface area contributed by atoms with Gasteiger partial charge in [-0.15, -0.1) is 0 Å². The van der Waals surface area contributed by atoms with Gasteiger partial charge in [0.05, 0.1) is 5.41 Å². The number of halogens is 1. The van der Waals surface area contributed by atoms with Gasteiger partial charge in [0.2, 0.25) is 5.91 Å². The Morgan fingerprint density at radius 1 is 1.18 bits per heavy atom. The van der Waals surface area contributed by atoms with Gasteiger partial charge in [0, 0.05) is 35.2 Å². The molecule has 2 heterocycles. The van der Waals surface area contributed by atoms with Gasteiger partial charge < -0.3 is 9.88 Å². The van der Waals surface area contributed by atoms with E-state index in [1.54, 1.807) is 0 Å². The van der Waals surface area contributed by atoms with Crippen LogP contribution in [0, 0.1) is 0 Å². The molecule has 1 saturated heterocycles. The van der Waals surface area contributed by atoms with E-state index in [4.69, 9.17) is 11.6 Å². The van der Waals surface area contributed by atoms with Crippen molar-refractivity contribution in [1.82, 2.24) is 9.88 Å². The molecule has 1 N–H and O–H groups in total. The number of fused-ring (bicyclic) bond motifs is 1. The number of aromatic nitrogens is 1. The molecule has 0 spiro atoms. The summed E-state index contributed by atoms with van der Waals surface area (Å²) < 4.78 is 0. The van der Waals surface area contributed by atoms with Gasteiger partial charge in [-0.05, 0) is 50.5 Å². The molecule has 0 radical (unpaired) electrons. The average molecular weight is 319 g/mol. The van der Waals surface area contributed by atoms with E-state index < -0.39 is 5.41 Å². The predicted molar refractivity (Wildman–Crippen MR) is 91.4 cm³/mol. The van der Waals surface area contributed by atoms with Crippen molar-refractivity contribution in [3.05, 3.63) is 35.0 Å². The Labute approximate surface area is 136 Å².